The Kier molecular flexibility index (Phi) is 7.21. The van der Waals surface area contributed by atoms with Crippen LogP contribution >= 0.6 is 0 Å². The summed E-state index contributed by atoms with van der Waals surface area (Å²) in [5.41, 5.74) is 5.32. The smallest absolute Gasteiger partial charge is 0.282 e. The second-order valence-corrected chi connectivity index (χ2v) is 8.79. The summed E-state index contributed by atoms with van der Waals surface area (Å²) in [4.78, 5) is 12.6. The molecule has 0 bridgehead atoms. The number of ether oxygens (including phenoxy) is 1. The normalized spacial score (nSPS) is 22.0. The van der Waals surface area contributed by atoms with Gasteiger partial charge in [-0.3, -0.25) is 4.79 Å². The van der Waals surface area contributed by atoms with E-state index in [9.17, 15) is 13.2 Å². The van der Waals surface area contributed by atoms with Gasteiger partial charge in [0.1, 0.15) is 0 Å². The van der Waals surface area contributed by atoms with Gasteiger partial charge < -0.3 is 15.8 Å². The molecule has 2 aliphatic heterocycles. The zero-order valence-electron chi connectivity index (χ0n) is 15.4. The molecule has 0 aliphatic carbocycles. The standard InChI is InChI=1S/C16H32N4O4S/c1-3-16(4-2,13-17)15(21)18-14-5-7-19(8-6-14)25(22,23)20-9-11-24-12-10-20/h14H,3-13,17H2,1-2H3,(H,18,21). The van der Waals surface area contributed by atoms with E-state index in [1.165, 1.54) is 8.61 Å². The van der Waals surface area contributed by atoms with Crippen LogP contribution < -0.4 is 11.1 Å². The third-order valence-electron chi connectivity index (χ3n) is 5.64. The van der Waals surface area contributed by atoms with Crippen molar-refractivity contribution in [2.75, 3.05) is 45.9 Å². The lowest BCUT2D eigenvalue weighted by molar-refractivity contribution is -0.132. The number of carbonyl (C=O) groups excluding carboxylic acids is 1. The van der Waals surface area contributed by atoms with Gasteiger partial charge in [-0.15, -0.1) is 0 Å². The molecule has 0 atom stereocenters. The second-order valence-electron chi connectivity index (χ2n) is 6.86. The van der Waals surface area contributed by atoms with Gasteiger partial charge in [0.2, 0.25) is 5.91 Å². The molecule has 2 heterocycles. The third-order valence-corrected chi connectivity index (χ3v) is 7.67. The molecule has 3 N–H and O–H groups in total. The van der Waals surface area contributed by atoms with Crippen molar-refractivity contribution in [3.8, 4) is 0 Å². The molecule has 9 heteroatoms. The molecule has 0 aromatic heterocycles. The molecule has 0 aromatic rings. The molecule has 0 spiro atoms. The van der Waals surface area contributed by atoms with Crippen molar-refractivity contribution in [2.24, 2.45) is 11.1 Å². The Hall–Kier alpha value is -0.740. The molecule has 2 fully saturated rings. The van der Waals surface area contributed by atoms with Crippen molar-refractivity contribution in [1.82, 2.24) is 13.9 Å². The number of hydrogen-bond acceptors (Lipinski definition) is 5. The summed E-state index contributed by atoms with van der Waals surface area (Å²) >= 11 is 0. The molecule has 2 saturated heterocycles. The number of nitrogens with two attached hydrogens (primary N) is 1. The Balaban J connectivity index is 1.90. The fraction of sp³-hybridized carbons (Fsp3) is 0.938. The number of nitrogens with zero attached hydrogens (tertiary/aromatic N) is 2. The quantitative estimate of drug-likeness (QED) is 0.646. The minimum atomic E-state index is -3.43. The third kappa shape index (κ3) is 4.51. The number of carbonyl (C=O) groups is 1. The first-order valence-corrected chi connectivity index (χ1v) is 10.6. The van der Waals surface area contributed by atoms with Crippen LogP contribution in [0.2, 0.25) is 0 Å². The Bertz CT molecular complexity index is 528. The van der Waals surface area contributed by atoms with E-state index in [-0.39, 0.29) is 11.9 Å². The maximum absolute atomic E-state index is 12.7. The van der Waals surface area contributed by atoms with E-state index in [4.69, 9.17) is 10.5 Å². The average Bonchev–Trinajstić information content (AvgIpc) is 2.65. The zero-order chi connectivity index (χ0) is 18.5. The van der Waals surface area contributed by atoms with E-state index in [1.807, 2.05) is 13.8 Å². The molecule has 0 aromatic carbocycles. The van der Waals surface area contributed by atoms with E-state index in [2.05, 4.69) is 5.32 Å². The summed E-state index contributed by atoms with van der Waals surface area (Å²) in [6.45, 7) is 6.85. The summed E-state index contributed by atoms with van der Waals surface area (Å²) < 4.78 is 33.6. The molecule has 2 rings (SSSR count). The predicted molar refractivity (Wildman–Crippen MR) is 96.1 cm³/mol. The van der Waals surface area contributed by atoms with Crippen LogP contribution in [0.5, 0.6) is 0 Å². The largest absolute Gasteiger partial charge is 0.379 e. The first-order chi connectivity index (χ1) is 11.9. The lowest BCUT2D eigenvalue weighted by Gasteiger charge is -2.37. The molecule has 0 saturated carbocycles. The highest BCUT2D eigenvalue weighted by molar-refractivity contribution is 7.86. The highest BCUT2D eigenvalue weighted by Gasteiger charge is 2.37. The molecule has 0 unspecified atom stereocenters. The monoisotopic (exact) mass is 376 g/mol. The van der Waals surface area contributed by atoms with E-state index >= 15 is 0 Å². The van der Waals surface area contributed by atoms with Crippen LogP contribution in [0, 0.1) is 5.41 Å². The minimum absolute atomic E-state index is 0.00511. The number of morpholine rings is 1. The van der Waals surface area contributed by atoms with Crippen molar-refractivity contribution >= 4 is 16.1 Å². The number of piperidine rings is 1. The summed E-state index contributed by atoms with van der Waals surface area (Å²) in [5, 5.41) is 3.09. The van der Waals surface area contributed by atoms with E-state index in [1.54, 1.807) is 0 Å². The summed E-state index contributed by atoms with van der Waals surface area (Å²) in [7, 11) is -3.43. The molecule has 2 aliphatic rings. The molecular weight excluding hydrogens is 344 g/mol. The van der Waals surface area contributed by atoms with Gasteiger partial charge in [-0.25, -0.2) is 0 Å². The van der Waals surface area contributed by atoms with Crippen LogP contribution in [0.25, 0.3) is 0 Å². The molecule has 1 amide bonds. The fourth-order valence-corrected chi connectivity index (χ4v) is 5.07. The van der Waals surface area contributed by atoms with Crippen molar-refractivity contribution in [2.45, 2.75) is 45.6 Å². The van der Waals surface area contributed by atoms with E-state index < -0.39 is 15.6 Å². The predicted octanol–water partition coefficient (Wildman–Crippen LogP) is -0.0909. The summed E-state index contributed by atoms with van der Waals surface area (Å²) in [6.07, 6.45) is 2.67. The van der Waals surface area contributed by atoms with Crippen LogP contribution in [0.3, 0.4) is 0 Å². The van der Waals surface area contributed by atoms with Gasteiger partial charge in [-0.05, 0) is 25.7 Å². The highest BCUT2D eigenvalue weighted by Crippen LogP contribution is 2.26. The second kappa shape index (κ2) is 8.77. The number of amides is 1. The Morgan fingerprint density at radius 2 is 1.64 bits per heavy atom. The highest BCUT2D eigenvalue weighted by atomic mass is 32.2. The van der Waals surface area contributed by atoms with E-state index in [0.29, 0.717) is 71.6 Å². The van der Waals surface area contributed by atoms with Gasteiger partial charge in [0.05, 0.1) is 18.6 Å². The van der Waals surface area contributed by atoms with E-state index in [0.717, 1.165) is 0 Å². The van der Waals surface area contributed by atoms with Crippen LogP contribution in [-0.4, -0.2) is 74.9 Å². The number of hydrogen-bond donors (Lipinski definition) is 2. The van der Waals surface area contributed by atoms with Crippen molar-refractivity contribution in [3.05, 3.63) is 0 Å². The van der Waals surface area contributed by atoms with Crippen LogP contribution in [-0.2, 0) is 19.7 Å². The summed E-state index contributed by atoms with van der Waals surface area (Å²) in [5.74, 6) is -0.00511. The van der Waals surface area contributed by atoms with Gasteiger partial charge in [0.15, 0.2) is 0 Å². The van der Waals surface area contributed by atoms with Gasteiger partial charge >= 0.3 is 0 Å². The Morgan fingerprint density at radius 1 is 1.12 bits per heavy atom. The lowest BCUT2D eigenvalue weighted by atomic mass is 9.81. The van der Waals surface area contributed by atoms with Crippen molar-refractivity contribution in [1.29, 1.82) is 0 Å². The number of rotatable bonds is 7. The Morgan fingerprint density at radius 3 is 2.12 bits per heavy atom. The zero-order valence-corrected chi connectivity index (χ0v) is 16.2. The van der Waals surface area contributed by atoms with Crippen molar-refractivity contribution < 1.29 is 17.9 Å². The van der Waals surface area contributed by atoms with Gasteiger partial charge in [0, 0.05) is 38.8 Å². The lowest BCUT2D eigenvalue weighted by Crippen LogP contribution is -2.55. The topological polar surface area (TPSA) is 105 Å². The van der Waals surface area contributed by atoms with Crippen LogP contribution in [0.1, 0.15) is 39.5 Å². The van der Waals surface area contributed by atoms with Crippen LogP contribution in [0.15, 0.2) is 0 Å². The first-order valence-electron chi connectivity index (χ1n) is 9.23. The maximum Gasteiger partial charge on any atom is 0.282 e. The molecule has 0 radical (unpaired) electrons. The molecule has 8 nitrogen and oxygen atoms in total. The van der Waals surface area contributed by atoms with Crippen LogP contribution in [0.4, 0.5) is 0 Å². The minimum Gasteiger partial charge on any atom is -0.379 e. The molecule has 146 valence electrons. The van der Waals surface area contributed by atoms with Gasteiger partial charge in [0.25, 0.3) is 10.2 Å². The van der Waals surface area contributed by atoms with Gasteiger partial charge in [-0.1, -0.05) is 13.8 Å². The number of nitrogens with one attached hydrogen (secondary N) is 1. The Labute approximate surface area is 151 Å². The maximum atomic E-state index is 12.7. The van der Waals surface area contributed by atoms with Crippen molar-refractivity contribution in [3.63, 3.8) is 0 Å². The summed E-state index contributed by atoms with van der Waals surface area (Å²) in [6, 6.07) is 0.00710. The SMILES string of the molecule is CCC(CC)(CN)C(=O)NC1CCN(S(=O)(=O)N2CCOCC2)CC1. The average molecular weight is 377 g/mol. The first kappa shape index (κ1) is 20.6. The van der Waals surface area contributed by atoms with Gasteiger partial charge in [-0.2, -0.15) is 17.0 Å². The molecule has 25 heavy (non-hydrogen) atoms. The fourth-order valence-electron chi connectivity index (χ4n) is 3.46. The molecular formula is C16H32N4O4S.